The topological polar surface area (TPSA) is 55.8 Å². The average molecular weight is 393 g/mol. The molecule has 1 saturated heterocycles. The summed E-state index contributed by atoms with van der Waals surface area (Å²) in [6.07, 6.45) is 1.87. The van der Waals surface area contributed by atoms with Crippen LogP contribution in [0.1, 0.15) is 43.1 Å². The van der Waals surface area contributed by atoms with E-state index in [1.54, 1.807) is 13.2 Å². The largest absolute Gasteiger partial charge is 0.497 e. The van der Waals surface area contributed by atoms with Crippen LogP contribution in [-0.2, 0) is 16.0 Å². The van der Waals surface area contributed by atoms with Gasteiger partial charge in [-0.1, -0.05) is 56.0 Å². The zero-order chi connectivity index (χ0) is 21.0. The molecule has 1 heterocycles. The molecule has 0 saturated carbocycles. The van der Waals surface area contributed by atoms with Crippen molar-refractivity contribution in [2.45, 2.75) is 38.8 Å². The second-order valence-corrected chi connectivity index (χ2v) is 7.24. The van der Waals surface area contributed by atoms with Crippen molar-refractivity contribution in [1.29, 1.82) is 0 Å². The van der Waals surface area contributed by atoms with Crippen LogP contribution in [0.2, 0.25) is 0 Å². The first-order valence-electron chi connectivity index (χ1n) is 9.88. The van der Waals surface area contributed by atoms with E-state index in [4.69, 9.17) is 9.47 Å². The number of rotatable bonds is 7. The fourth-order valence-electron chi connectivity index (χ4n) is 3.79. The molecule has 0 bridgehead atoms. The van der Waals surface area contributed by atoms with Crippen molar-refractivity contribution >= 4 is 18.1 Å². The van der Waals surface area contributed by atoms with Crippen molar-refractivity contribution < 1.29 is 19.1 Å². The molecule has 5 nitrogen and oxygen atoms in total. The van der Waals surface area contributed by atoms with Crippen LogP contribution < -0.4 is 4.74 Å². The van der Waals surface area contributed by atoms with E-state index in [0.717, 1.165) is 22.4 Å². The predicted molar refractivity (Wildman–Crippen MR) is 113 cm³/mol. The molecule has 0 radical (unpaired) electrons. The van der Waals surface area contributed by atoms with E-state index in [1.807, 2.05) is 62.4 Å². The molecule has 1 unspecified atom stereocenters. The lowest BCUT2D eigenvalue weighted by atomic mass is 9.91. The van der Waals surface area contributed by atoms with E-state index in [0.29, 0.717) is 12.8 Å². The van der Waals surface area contributed by atoms with Crippen LogP contribution in [0.3, 0.4) is 0 Å². The third kappa shape index (κ3) is 4.19. The summed E-state index contributed by atoms with van der Waals surface area (Å²) in [6, 6.07) is 14.9. The molecule has 0 aromatic heterocycles. The van der Waals surface area contributed by atoms with E-state index >= 15 is 0 Å². The van der Waals surface area contributed by atoms with Crippen molar-refractivity contribution in [3.63, 3.8) is 0 Å². The third-order valence-corrected chi connectivity index (χ3v) is 5.52. The van der Waals surface area contributed by atoms with E-state index < -0.39 is 12.2 Å². The van der Waals surface area contributed by atoms with E-state index in [-0.39, 0.29) is 17.9 Å². The van der Waals surface area contributed by atoms with Crippen LogP contribution in [-0.4, -0.2) is 30.1 Å². The summed E-state index contributed by atoms with van der Waals surface area (Å²) in [4.78, 5) is 27.1. The Hall–Kier alpha value is -3.08. The second-order valence-electron chi connectivity index (χ2n) is 7.24. The Morgan fingerprint density at radius 2 is 2.00 bits per heavy atom. The first kappa shape index (κ1) is 20.6. The molecule has 1 aliphatic heterocycles. The number of hydrogen-bond acceptors (Lipinski definition) is 4. The van der Waals surface area contributed by atoms with Crippen LogP contribution in [0.4, 0.5) is 4.79 Å². The molecule has 2 aromatic carbocycles. The molecule has 5 heteroatoms. The molecular formula is C24H27NO4. The zero-order valence-corrected chi connectivity index (χ0v) is 17.1. The number of methoxy groups -OCH3 is 1. The minimum atomic E-state index is -0.575. The Morgan fingerprint density at radius 3 is 2.62 bits per heavy atom. The normalized spacial score (nSPS) is 19.6. The Balaban J connectivity index is 1.81. The molecule has 0 N–H and O–H groups in total. The highest BCUT2D eigenvalue weighted by molar-refractivity contribution is 5.95. The van der Waals surface area contributed by atoms with Gasteiger partial charge in [0.25, 0.3) is 0 Å². The summed E-state index contributed by atoms with van der Waals surface area (Å²) in [5.41, 5.74) is 2.82. The standard InChI is InChI=1S/C24H27NO4/c1-5-17-15-21(28-4)13-12-20(17)14-18(6-2)23(26)25-16(3)22(29-24(25)27)19-10-8-7-9-11-19/h5,7-13,15-16,18,22H,1,6,14H2,2-4H3/t16-,18?,22-/m0/s1. The van der Waals surface area contributed by atoms with Crippen molar-refractivity contribution in [2.24, 2.45) is 5.92 Å². The third-order valence-electron chi connectivity index (χ3n) is 5.52. The number of carbonyl (C=O) groups is 2. The van der Waals surface area contributed by atoms with Crippen molar-refractivity contribution in [3.8, 4) is 5.75 Å². The first-order chi connectivity index (χ1) is 14.0. The van der Waals surface area contributed by atoms with Gasteiger partial charge in [0.05, 0.1) is 13.2 Å². The van der Waals surface area contributed by atoms with Crippen molar-refractivity contribution in [1.82, 2.24) is 4.90 Å². The number of nitrogens with zero attached hydrogens (tertiary/aromatic N) is 1. The molecule has 152 valence electrons. The lowest BCUT2D eigenvalue weighted by Crippen LogP contribution is -2.42. The predicted octanol–water partition coefficient (Wildman–Crippen LogP) is 5.02. The van der Waals surface area contributed by atoms with Gasteiger partial charge in [0.15, 0.2) is 0 Å². The Kier molecular flexibility index (Phi) is 6.37. The monoisotopic (exact) mass is 393 g/mol. The summed E-state index contributed by atoms with van der Waals surface area (Å²) < 4.78 is 10.8. The van der Waals surface area contributed by atoms with Crippen molar-refractivity contribution in [3.05, 3.63) is 71.8 Å². The first-order valence-corrected chi connectivity index (χ1v) is 9.88. The zero-order valence-electron chi connectivity index (χ0n) is 17.1. The van der Waals surface area contributed by atoms with Crippen LogP contribution in [0.25, 0.3) is 6.08 Å². The van der Waals surface area contributed by atoms with Gasteiger partial charge in [-0.05, 0) is 48.6 Å². The van der Waals surface area contributed by atoms with Crippen LogP contribution >= 0.6 is 0 Å². The Bertz CT molecular complexity index is 893. The number of benzene rings is 2. The van der Waals surface area contributed by atoms with Gasteiger partial charge in [-0.15, -0.1) is 0 Å². The minimum absolute atomic E-state index is 0.200. The van der Waals surface area contributed by atoms with Gasteiger partial charge < -0.3 is 9.47 Å². The van der Waals surface area contributed by atoms with Gasteiger partial charge in [0.2, 0.25) is 5.91 Å². The van der Waals surface area contributed by atoms with Crippen LogP contribution in [0.5, 0.6) is 5.75 Å². The molecule has 2 aromatic rings. The Morgan fingerprint density at radius 1 is 1.28 bits per heavy atom. The van der Waals surface area contributed by atoms with Gasteiger partial charge in [-0.25, -0.2) is 9.69 Å². The quantitative estimate of drug-likeness (QED) is 0.663. The smallest absolute Gasteiger partial charge is 0.417 e. The second kappa shape index (κ2) is 8.95. The van der Waals surface area contributed by atoms with E-state index in [2.05, 4.69) is 6.58 Å². The van der Waals surface area contributed by atoms with Gasteiger partial charge in [-0.3, -0.25) is 4.79 Å². The Labute approximate surface area is 171 Å². The van der Waals surface area contributed by atoms with Crippen molar-refractivity contribution in [2.75, 3.05) is 7.11 Å². The maximum absolute atomic E-state index is 13.3. The molecular weight excluding hydrogens is 366 g/mol. The summed E-state index contributed by atoms with van der Waals surface area (Å²) in [5.74, 6) is 0.214. The van der Waals surface area contributed by atoms with Gasteiger partial charge >= 0.3 is 6.09 Å². The summed E-state index contributed by atoms with van der Waals surface area (Å²) in [6.45, 7) is 7.68. The lowest BCUT2D eigenvalue weighted by molar-refractivity contribution is -0.133. The molecule has 3 rings (SSSR count). The van der Waals surface area contributed by atoms with Gasteiger partial charge in [0.1, 0.15) is 11.9 Å². The van der Waals surface area contributed by atoms with Crippen LogP contribution in [0.15, 0.2) is 55.1 Å². The molecule has 1 fully saturated rings. The fraction of sp³-hybridized carbons (Fsp3) is 0.333. The van der Waals surface area contributed by atoms with Gasteiger partial charge in [-0.2, -0.15) is 0 Å². The molecule has 2 amide bonds. The average Bonchev–Trinajstić information content (AvgIpc) is 3.06. The highest BCUT2D eigenvalue weighted by Gasteiger charge is 2.44. The molecule has 1 aliphatic rings. The number of ether oxygens (including phenoxy) is 2. The van der Waals surface area contributed by atoms with E-state index in [9.17, 15) is 9.59 Å². The van der Waals surface area contributed by atoms with Crippen LogP contribution in [0, 0.1) is 5.92 Å². The number of imide groups is 1. The molecule has 3 atom stereocenters. The SMILES string of the molecule is C=Cc1cc(OC)ccc1CC(CC)C(=O)N1C(=O)O[C@H](c2ccccc2)[C@@H]1C. The highest BCUT2D eigenvalue weighted by atomic mass is 16.6. The highest BCUT2D eigenvalue weighted by Crippen LogP contribution is 2.34. The molecule has 0 aliphatic carbocycles. The molecule has 29 heavy (non-hydrogen) atoms. The minimum Gasteiger partial charge on any atom is -0.497 e. The molecule has 0 spiro atoms. The summed E-state index contributed by atoms with van der Waals surface area (Å²) in [5, 5.41) is 0. The maximum Gasteiger partial charge on any atom is 0.417 e. The lowest BCUT2D eigenvalue weighted by Gasteiger charge is -2.24. The van der Waals surface area contributed by atoms with Gasteiger partial charge in [0, 0.05) is 5.92 Å². The number of amides is 2. The maximum atomic E-state index is 13.3. The fourth-order valence-corrected chi connectivity index (χ4v) is 3.79. The number of hydrogen-bond donors (Lipinski definition) is 0. The van der Waals surface area contributed by atoms with E-state index in [1.165, 1.54) is 4.90 Å². The summed E-state index contributed by atoms with van der Waals surface area (Å²) in [7, 11) is 1.61. The number of carbonyl (C=O) groups excluding carboxylic acids is 2. The number of cyclic esters (lactones) is 1. The summed E-state index contributed by atoms with van der Waals surface area (Å²) >= 11 is 0.